The molecule has 1 unspecified atom stereocenters. The lowest BCUT2D eigenvalue weighted by molar-refractivity contribution is 0.0950. The number of rotatable bonds is 4. The van der Waals surface area contributed by atoms with Crippen LogP contribution in [-0.2, 0) is 5.54 Å². The monoisotopic (exact) mass is 274 g/mol. The molecular weight excluding hydrogens is 252 g/mol. The van der Waals surface area contributed by atoms with Crippen LogP contribution in [-0.4, -0.2) is 35.3 Å². The van der Waals surface area contributed by atoms with E-state index in [0.717, 1.165) is 0 Å². The first kappa shape index (κ1) is 16.9. The maximum Gasteiger partial charge on any atom is 0.254 e. The SMILES string of the molecule is CNC(C)CNC(=O)c1cnn(C(C)(C)C)c1.Cl. The maximum absolute atomic E-state index is 11.8. The summed E-state index contributed by atoms with van der Waals surface area (Å²) in [7, 11) is 1.87. The highest BCUT2D eigenvalue weighted by atomic mass is 35.5. The molecule has 1 aromatic rings. The molecule has 1 heterocycles. The summed E-state index contributed by atoms with van der Waals surface area (Å²) in [5.74, 6) is -0.0809. The molecule has 0 aliphatic heterocycles. The molecule has 104 valence electrons. The Morgan fingerprint density at radius 1 is 1.50 bits per heavy atom. The minimum absolute atomic E-state index is 0. The topological polar surface area (TPSA) is 58.9 Å². The number of carbonyl (C=O) groups excluding carboxylic acids is 1. The zero-order valence-electron chi connectivity index (χ0n) is 11.7. The molecule has 0 aliphatic rings. The first-order chi connectivity index (χ1) is 7.84. The Labute approximate surface area is 115 Å². The molecule has 0 aliphatic carbocycles. The molecule has 0 fully saturated rings. The van der Waals surface area contributed by atoms with Crippen LogP contribution in [0.2, 0.25) is 0 Å². The minimum atomic E-state index is -0.100. The first-order valence-electron chi connectivity index (χ1n) is 5.85. The average molecular weight is 275 g/mol. The fraction of sp³-hybridized carbons (Fsp3) is 0.667. The summed E-state index contributed by atoms with van der Waals surface area (Å²) in [5, 5.41) is 10.1. The standard InChI is InChI=1S/C12H22N4O.ClH/c1-9(13-5)6-14-11(17)10-7-15-16(8-10)12(2,3)4;/h7-9,13H,6H2,1-5H3,(H,14,17);1H. The molecule has 0 saturated carbocycles. The molecule has 1 aromatic heterocycles. The predicted octanol–water partition coefficient (Wildman–Crippen LogP) is 1.40. The highest BCUT2D eigenvalue weighted by Gasteiger charge is 2.16. The normalized spacial score (nSPS) is 12.7. The Morgan fingerprint density at radius 2 is 2.11 bits per heavy atom. The lowest BCUT2D eigenvalue weighted by Crippen LogP contribution is -2.37. The van der Waals surface area contributed by atoms with E-state index in [1.165, 1.54) is 0 Å². The molecule has 1 rings (SSSR count). The molecule has 1 atom stereocenters. The lowest BCUT2D eigenvalue weighted by atomic mass is 10.1. The largest absolute Gasteiger partial charge is 0.350 e. The number of halogens is 1. The minimum Gasteiger partial charge on any atom is -0.350 e. The molecule has 0 spiro atoms. The van der Waals surface area contributed by atoms with Gasteiger partial charge >= 0.3 is 0 Å². The van der Waals surface area contributed by atoms with Crippen LogP contribution < -0.4 is 10.6 Å². The lowest BCUT2D eigenvalue weighted by Gasteiger charge is -2.18. The van der Waals surface area contributed by atoms with Crippen molar-refractivity contribution < 1.29 is 4.79 Å². The van der Waals surface area contributed by atoms with Crippen molar-refractivity contribution in [2.45, 2.75) is 39.3 Å². The first-order valence-corrected chi connectivity index (χ1v) is 5.85. The van der Waals surface area contributed by atoms with E-state index >= 15 is 0 Å². The van der Waals surface area contributed by atoms with Gasteiger partial charge in [-0.15, -0.1) is 12.4 Å². The van der Waals surface area contributed by atoms with E-state index in [-0.39, 0.29) is 29.9 Å². The van der Waals surface area contributed by atoms with Gasteiger partial charge in [0.1, 0.15) is 0 Å². The summed E-state index contributed by atoms with van der Waals surface area (Å²) in [6.45, 7) is 8.76. The van der Waals surface area contributed by atoms with Crippen LogP contribution in [0.25, 0.3) is 0 Å². The van der Waals surface area contributed by atoms with Crippen LogP contribution in [0.1, 0.15) is 38.1 Å². The second kappa shape index (κ2) is 6.75. The van der Waals surface area contributed by atoms with E-state index in [9.17, 15) is 4.79 Å². The highest BCUT2D eigenvalue weighted by molar-refractivity contribution is 5.93. The number of nitrogens with one attached hydrogen (secondary N) is 2. The molecule has 0 aromatic carbocycles. The summed E-state index contributed by atoms with van der Waals surface area (Å²) < 4.78 is 1.80. The number of likely N-dealkylation sites (N-methyl/N-ethyl adjacent to an activating group) is 1. The van der Waals surface area contributed by atoms with Crippen LogP contribution >= 0.6 is 12.4 Å². The van der Waals surface area contributed by atoms with Crippen LogP contribution in [0.3, 0.4) is 0 Å². The van der Waals surface area contributed by atoms with Gasteiger partial charge in [-0.1, -0.05) is 0 Å². The zero-order chi connectivity index (χ0) is 13.1. The molecule has 5 nitrogen and oxygen atoms in total. The second-order valence-corrected chi connectivity index (χ2v) is 5.24. The number of hydrogen-bond acceptors (Lipinski definition) is 3. The average Bonchev–Trinajstić information content (AvgIpc) is 2.74. The van der Waals surface area contributed by atoms with E-state index < -0.39 is 0 Å². The third kappa shape index (κ3) is 4.66. The van der Waals surface area contributed by atoms with Gasteiger partial charge in [0.25, 0.3) is 5.91 Å². The second-order valence-electron chi connectivity index (χ2n) is 5.24. The molecule has 1 amide bonds. The quantitative estimate of drug-likeness (QED) is 0.873. The van der Waals surface area contributed by atoms with Gasteiger partial charge in [0.2, 0.25) is 0 Å². The maximum atomic E-state index is 11.8. The molecule has 18 heavy (non-hydrogen) atoms. The van der Waals surface area contributed by atoms with Crippen molar-refractivity contribution in [3.63, 3.8) is 0 Å². The fourth-order valence-corrected chi connectivity index (χ4v) is 1.26. The summed E-state index contributed by atoms with van der Waals surface area (Å²) >= 11 is 0. The van der Waals surface area contributed by atoms with Gasteiger partial charge in [0, 0.05) is 18.8 Å². The van der Waals surface area contributed by atoms with Crippen molar-refractivity contribution in [3.05, 3.63) is 18.0 Å². The van der Waals surface area contributed by atoms with Gasteiger partial charge in [-0.25, -0.2) is 0 Å². The van der Waals surface area contributed by atoms with Gasteiger partial charge in [0.15, 0.2) is 0 Å². The van der Waals surface area contributed by atoms with Crippen molar-refractivity contribution in [3.8, 4) is 0 Å². The molecule has 6 heteroatoms. The highest BCUT2D eigenvalue weighted by Crippen LogP contribution is 2.12. The van der Waals surface area contributed by atoms with Gasteiger partial charge in [-0.05, 0) is 34.7 Å². The number of carbonyl (C=O) groups is 1. The van der Waals surface area contributed by atoms with E-state index in [0.29, 0.717) is 12.1 Å². The summed E-state index contributed by atoms with van der Waals surface area (Å²) in [6.07, 6.45) is 3.38. The van der Waals surface area contributed by atoms with E-state index in [2.05, 4.69) is 15.7 Å². The van der Waals surface area contributed by atoms with Crippen LogP contribution in [0.4, 0.5) is 0 Å². The zero-order valence-corrected chi connectivity index (χ0v) is 12.5. The van der Waals surface area contributed by atoms with Crippen molar-refractivity contribution >= 4 is 18.3 Å². The van der Waals surface area contributed by atoms with Gasteiger partial charge in [-0.2, -0.15) is 5.10 Å². The van der Waals surface area contributed by atoms with Gasteiger partial charge < -0.3 is 10.6 Å². The van der Waals surface area contributed by atoms with Crippen molar-refractivity contribution in [2.75, 3.05) is 13.6 Å². The number of nitrogens with zero attached hydrogens (tertiary/aromatic N) is 2. The van der Waals surface area contributed by atoms with Gasteiger partial charge in [0.05, 0.1) is 17.3 Å². The van der Waals surface area contributed by atoms with E-state index in [1.54, 1.807) is 17.1 Å². The van der Waals surface area contributed by atoms with E-state index in [1.807, 2.05) is 34.7 Å². The molecule has 0 bridgehead atoms. The molecule has 2 N–H and O–H groups in total. The summed E-state index contributed by atoms with van der Waals surface area (Å²) in [5.41, 5.74) is 0.500. The Hall–Kier alpha value is -1.07. The summed E-state index contributed by atoms with van der Waals surface area (Å²) in [6, 6.07) is 0.261. The fourth-order valence-electron chi connectivity index (χ4n) is 1.26. The third-order valence-corrected chi connectivity index (χ3v) is 2.59. The third-order valence-electron chi connectivity index (χ3n) is 2.59. The number of aromatic nitrogens is 2. The Balaban J connectivity index is 0.00000289. The Morgan fingerprint density at radius 3 is 2.56 bits per heavy atom. The molecule has 0 radical (unpaired) electrons. The van der Waals surface area contributed by atoms with Crippen molar-refractivity contribution in [1.82, 2.24) is 20.4 Å². The van der Waals surface area contributed by atoms with E-state index in [4.69, 9.17) is 0 Å². The van der Waals surface area contributed by atoms with Crippen molar-refractivity contribution in [2.24, 2.45) is 0 Å². The molecule has 0 saturated heterocycles. The number of hydrogen-bond donors (Lipinski definition) is 2. The number of amides is 1. The van der Waals surface area contributed by atoms with Crippen LogP contribution in [0, 0.1) is 0 Å². The smallest absolute Gasteiger partial charge is 0.254 e. The van der Waals surface area contributed by atoms with Crippen LogP contribution in [0.15, 0.2) is 12.4 Å². The van der Waals surface area contributed by atoms with Crippen LogP contribution in [0.5, 0.6) is 0 Å². The molecular formula is C12H23ClN4O. The Bertz CT molecular complexity index is 384. The van der Waals surface area contributed by atoms with Gasteiger partial charge in [-0.3, -0.25) is 9.48 Å². The van der Waals surface area contributed by atoms with Crippen molar-refractivity contribution in [1.29, 1.82) is 0 Å². The Kier molecular flexibility index (Phi) is 6.35. The predicted molar refractivity (Wildman–Crippen MR) is 75.3 cm³/mol. The summed E-state index contributed by atoms with van der Waals surface area (Å²) in [4.78, 5) is 11.8.